The lowest BCUT2D eigenvalue weighted by molar-refractivity contribution is 0.312. The molecule has 108 valence electrons. The van der Waals surface area contributed by atoms with Crippen LogP contribution in [-0.2, 0) is 0 Å². The number of benzene rings is 1. The molecule has 1 N–H and O–H groups in total. The summed E-state index contributed by atoms with van der Waals surface area (Å²) in [5, 5.41) is 3.17. The van der Waals surface area contributed by atoms with Gasteiger partial charge in [-0.3, -0.25) is 0 Å². The standard InChI is InChI=1S/C15H24FNO2/c1-15(2,3)9-12(17-4)10-7-13(18-5)14(19-6)8-11(10)16/h7-8,12,17H,9H2,1-6H3. The van der Waals surface area contributed by atoms with E-state index in [0.29, 0.717) is 17.1 Å². The van der Waals surface area contributed by atoms with Gasteiger partial charge in [0.1, 0.15) is 5.82 Å². The second-order valence-electron chi connectivity index (χ2n) is 5.83. The zero-order valence-corrected chi connectivity index (χ0v) is 12.6. The smallest absolute Gasteiger partial charge is 0.163 e. The fourth-order valence-corrected chi connectivity index (χ4v) is 2.12. The van der Waals surface area contributed by atoms with Gasteiger partial charge in [-0.1, -0.05) is 20.8 Å². The van der Waals surface area contributed by atoms with Crippen LogP contribution in [0.3, 0.4) is 0 Å². The molecule has 0 spiro atoms. The van der Waals surface area contributed by atoms with E-state index < -0.39 is 0 Å². The fourth-order valence-electron chi connectivity index (χ4n) is 2.12. The first-order valence-corrected chi connectivity index (χ1v) is 6.41. The van der Waals surface area contributed by atoms with Gasteiger partial charge in [-0.15, -0.1) is 0 Å². The third-order valence-electron chi connectivity index (χ3n) is 3.04. The maximum absolute atomic E-state index is 14.2. The van der Waals surface area contributed by atoms with Gasteiger partial charge in [-0.2, -0.15) is 0 Å². The average Bonchev–Trinajstić information content (AvgIpc) is 2.34. The number of hydrogen-bond acceptors (Lipinski definition) is 3. The molecule has 1 unspecified atom stereocenters. The molecular weight excluding hydrogens is 245 g/mol. The maximum Gasteiger partial charge on any atom is 0.163 e. The Morgan fingerprint density at radius 3 is 2.11 bits per heavy atom. The lowest BCUT2D eigenvalue weighted by Gasteiger charge is -2.26. The molecule has 19 heavy (non-hydrogen) atoms. The van der Waals surface area contributed by atoms with Crippen LogP contribution in [0.1, 0.15) is 38.8 Å². The van der Waals surface area contributed by atoms with Gasteiger partial charge in [0, 0.05) is 17.7 Å². The Balaban J connectivity index is 3.17. The van der Waals surface area contributed by atoms with E-state index in [1.165, 1.54) is 13.2 Å². The highest BCUT2D eigenvalue weighted by molar-refractivity contribution is 5.44. The molecule has 0 heterocycles. The number of methoxy groups -OCH3 is 2. The van der Waals surface area contributed by atoms with E-state index in [0.717, 1.165) is 6.42 Å². The predicted molar refractivity (Wildman–Crippen MR) is 75.4 cm³/mol. The molecule has 0 radical (unpaired) electrons. The molecule has 1 rings (SSSR count). The van der Waals surface area contributed by atoms with Crippen LogP contribution in [-0.4, -0.2) is 21.3 Å². The maximum atomic E-state index is 14.2. The van der Waals surface area contributed by atoms with Gasteiger partial charge in [-0.25, -0.2) is 4.39 Å². The second kappa shape index (κ2) is 6.24. The van der Waals surface area contributed by atoms with Crippen molar-refractivity contribution in [3.63, 3.8) is 0 Å². The molecule has 0 amide bonds. The van der Waals surface area contributed by atoms with Crippen molar-refractivity contribution in [3.8, 4) is 11.5 Å². The first-order chi connectivity index (χ1) is 8.82. The summed E-state index contributed by atoms with van der Waals surface area (Å²) in [6.45, 7) is 6.40. The van der Waals surface area contributed by atoms with E-state index in [1.807, 2.05) is 7.05 Å². The van der Waals surface area contributed by atoms with Gasteiger partial charge in [-0.05, 0) is 24.9 Å². The molecule has 1 atom stereocenters. The van der Waals surface area contributed by atoms with Gasteiger partial charge < -0.3 is 14.8 Å². The first-order valence-electron chi connectivity index (χ1n) is 6.41. The summed E-state index contributed by atoms with van der Waals surface area (Å²) < 4.78 is 24.5. The van der Waals surface area contributed by atoms with Crippen molar-refractivity contribution in [3.05, 3.63) is 23.5 Å². The van der Waals surface area contributed by atoms with E-state index in [9.17, 15) is 4.39 Å². The minimum absolute atomic E-state index is 0.0557. The van der Waals surface area contributed by atoms with Crippen LogP contribution in [0.2, 0.25) is 0 Å². The topological polar surface area (TPSA) is 30.5 Å². The molecule has 0 aromatic heterocycles. The number of rotatable bonds is 5. The van der Waals surface area contributed by atoms with Crippen LogP contribution in [0.5, 0.6) is 11.5 Å². The van der Waals surface area contributed by atoms with Crippen LogP contribution in [0.4, 0.5) is 4.39 Å². The fraction of sp³-hybridized carbons (Fsp3) is 0.600. The lowest BCUT2D eigenvalue weighted by atomic mass is 9.85. The summed E-state index contributed by atoms with van der Waals surface area (Å²) in [7, 11) is 4.89. The minimum Gasteiger partial charge on any atom is -0.493 e. The van der Waals surface area contributed by atoms with E-state index >= 15 is 0 Å². The highest BCUT2D eigenvalue weighted by atomic mass is 19.1. The van der Waals surface area contributed by atoms with Crippen LogP contribution < -0.4 is 14.8 Å². The Bertz CT molecular complexity index is 427. The van der Waals surface area contributed by atoms with Gasteiger partial charge in [0.25, 0.3) is 0 Å². The molecule has 0 saturated carbocycles. The molecule has 0 bridgehead atoms. The van der Waals surface area contributed by atoms with E-state index in [-0.39, 0.29) is 17.3 Å². The van der Waals surface area contributed by atoms with Crippen molar-refractivity contribution in [1.29, 1.82) is 0 Å². The summed E-state index contributed by atoms with van der Waals surface area (Å²) >= 11 is 0. The monoisotopic (exact) mass is 269 g/mol. The molecular formula is C15H24FNO2. The Labute approximate surface area is 115 Å². The Morgan fingerprint density at radius 1 is 1.16 bits per heavy atom. The zero-order valence-electron chi connectivity index (χ0n) is 12.6. The number of hydrogen-bond donors (Lipinski definition) is 1. The van der Waals surface area contributed by atoms with Crippen molar-refractivity contribution >= 4 is 0 Å². The first kappa shape index (κ1) is 15.8. The average molecular weight is 269 g/mol. The molecule has 3 nitrogen and oxygen atoms in total. The van der Waals surface area contributed by atoms with Crippen LogP contribution in [0.15, 0.2) is 12.1 Å². The third kappa shape index (κ3) is 4.10. The molecule has 0 aliphatic rings. The normalized spacial score (nSPS) is 13.2. The lowest BCUT2D eigenvalue weighted by Crippen LogP contribution is -2.23. The second-order valence-corrected chi connectivity index (χ2v) is 5.83. The molecule has 0 aliphatic heterocycles. The summed E-state index contributed by atoms with van der Waals surface area (Å²) in [5.41, 5.74) is 0.711. The zero-order chi connectivity index (χ0) is 14.6. The number of halogens is 1. The Kier molecular flexibility index (Phi) is 5.18. The van der Waals surface area contributed by atoms with Crippen LogP contribution in [0, 0.1) is 11.2 Å². The van der Waals surface area contributed by atoms with Crippen molar-refractivity contribution in [1.82, 2.24) is 5.32 Å². The van der Waals surface area contributed by atoms with Gasteiger partial charge in [0.05, 0.1) is 14.2 Å². The summed E-state index contributed by atoms with van der Waals surface area (Å²) in [4.78, 5) is 0. The molecule has 1 aromatic rings. The quantitative estimate of drug-likeness (QED) is 0.887. The summed E-state index contributed by atoms with van der Waals surface area (Å²) in [6, 6.07) is 3.03. The SMILES string of the molecule is CNC(CC(C)(C)C)c1cc(OC)c(OC)cc1F. The number of ether oxygens (including phenoxy) is 2. The molecule has 0 saturated heterocycles. The van der Waals surface area contributed by atoms with Crippen LogP contribution >= 0.6 is 0 Å². The minimum atomic E-state index is -0.277. The van der Waals surface area contributed by atoms with Crippen molar-refractivity contribution in [2.24, 2.45) is 5.41 Å². The molecule has 1 aromatic carbocycles. The van der Waals surface area contributed by atoms with E-state index in [2.05, 4.69) is 26.1 Å². The van der Waals surface area contributed by atoms with Gasteiger partial charge >= 0.3 is 0 Å². The Morgan fingerprint density at radius 2 is 1.68 bits per heavy atom. The van der Waals surface area contributed by atoms with Crippen molar-refractivity contribution in [2.75, 3.05) is 21.3 Å². The number of nitrogens with one attached hydrogen (secondary N) is 1. The van der Waals surface area contributed by atoms with Crippen molar-refractivity contribution < 1.29 is 13.9 Å². The molecule has 4 heteroatoms. The third-order valence-corrected chi connectivity index (χ3v) is 3.04. The van der Waals surface area contributed by atoms with Crippen molar-refractivity contribution in [2.45, 2.75) is 33.2 Å². The van der Waals surface area contributed by atoms with Gasteiger partial charge in [0.15, 0.2) is 11.5 Å². The largest absolute Gasteiger partial charge is 0.493 e. The van der Waals surface area contributed by atoms with E-state index in [4.69, 9.17) is 9.47 Å². The predicted octanol–water partition coefficient (Wildman–Crippen LogP) is 3.54. The van der Waals surface area contributed by atoms with Crippen LogP contribution in [0.25, 0.3) is 0 Å². The Hall–Kier alpha value is -1.29. The summed E-state index contributed by atoms with van der Waals surface area (Å²) in [5.74, 6) is 0.684. The highest BCUT2D eigenvalue weighted by Crippen LogP contribution is 2.36. The molecule has 0 fully saturated rings. The van der Waals surface area contributed by atoms with E-state index in [1.54, 1.807) is 13.2 Å². The molecule has 0 aliphatic carbocycles. The summed E-state index contributed by atoms with van der Waals surface area (Å²) in [6.07, 6.45) is 0.829. The van der Waals surface area contributed by atoms with Gasteiger partial charge in [0.2, 0.25) is 0 Å². The highest BCUT2D eigenvalue weighted by Gasteiger charge is 2.23.